The Morgan fingerprint density at radius 1 is 1.32 bits per heavy atom. The van der Waals surface area contributed by atoms with Gasteiger partial charge in [-0.2, -0.15) is 0 Å². The summed E-state index contributed by atoms with van der Waals surface area (Å²) in [6.45, 7) is 2.03. The second kappa shape index (κ2) is 7.94. The first-order valence-corrected chi connectivity index (χ1v) is 7.76. The molecule has 1 aliphatic heterocycles. The van der Waals surface area contributed by atoms with E-state index in [9.17, 15) is 14.7 Å². The molecule has 0 aliphatic carbocycles. The Morgan fingerprint density at radius 3 is 2.64 bits per heavy atom. The van der Waals surface area contributed by atoms with Crippen molar-refractivity contribution in [2.24, 2.45) is 0 Å². The van der Waals surface area contributed by atoms with Crippen molar-refractivity contribution in [3.05, 3.63) is 35.9 Å². The van der Waals surface area contributed by atoms with Crippen LogP contribution in [0.1, 0.15) is 38.2 Å². The number of hydrogen-bond acceptors (Lipinski definition) is 3. The van der Waals surface area contributed by atoms with E-state index in [1.165, 1.54) is 0 Å². The number of carbonyl (C=O) groups is 2. The van der Waals surface area contributed by atoms with E-state index in [-0.39, 0.29) is 18.1 Å². The van der Waals surface area contributed by atoms with Gasteiger partial charge in [0, 0.05) is 12.8 Å². The molecule has 0 bridgehead atoms. The quantitative estimate of drug-likeness (QED) is 0.809. The molecule has 1 fully saturated rings. The number of carbonyl (C=O) groups excluding carboxylic acids is 1. The molecular formula is C17H23NO4. The maximum atomic E-state index is 12.0. The predicted octanol–water partition coefficient (Wildman–Crippen LogP) is 2.15. The van der Waals surface area contributed by atoms with Crippen LogP contribution in [0, 0.1) is 0 Å². The van der Waals surface area contributed by atoms with Gasteiger partial charge in [-0.1, -0.05) is 30.3 Å². The Balaban J connectivity index is 1.80. The summed E-state index contributed by atoms with van der Waals surface area (Å²) in [6.07, 6.45) is 3.62. The Bertz CT molecular complexity index is 503. The zero-order chi connectivity index (χ0) is 15.9. The zero-order valence-corrected chi connectivity index (χ0v) is 12.8. The first-order chi connectivity index (χ1) is 10.5. The zero-order valence-electron chi connectivity index (χ0n) is 12.8. The average Bonchev–Trinajstić information content (AvgIpc) is 2.91. The minimum absolute atomic E-state index is 0.123. The van der Waals surface area contributed by atoms with E-state index in [4.69, 9.17) is 4.74 Å². The van der Waals surface area contributed by atoms with E-state index < -0.39 is 12.0 Å². The first-order valence-electron chi connectivity index (χ1n) is 7.76. The molecule has 1 aliphatic rings. The third kappa shape index (κ3) is 5.15. The maximum absolute atomic E-state index is 12.0. The number of benzene rings is 1. The van der Waals surface area contributed by atoms with Crippen LogP contribution in [-0.2, 0) is 20.7 Å². The SMILES string of the molecule is C[C@H]1CC[C@H](CCC(=O)N[C@@H](Cc2ccccc2)C(=O)O)O1. The van der Waals surface area contributed by atoms with Gasteiger partial charge in [-0.3, -0.25) is 4.79 Å². The number of hydrogen-bond donors (Lipinski definition) is 2. The summed E-state index contributed by atoms with van der Waals surface area (Å²) in [5, 5.41) is 11.9. The molecule has 1 heterocycles. The van der Waals surface area contributed by atoms with Gasteiger partial charge in [-0.15, -0.1) is 0 Å². The third-order valence-electron chi connectivity index (χ3n) is 3.93. The number of carboxylic acid groups (broad SMARTS) is 1. The summed E-state index contributed by atoms with van der Waals surface area (Å²) >= 11 is 0. The molecule has 1 aromatic rings. The molecule has 2 N–H and O–H groups in total. The largest absolute Gasteiger partial charge is 0.480 e. The molecule has 3 atom stereocenters. The molecule has 2 rings (SSSR count). The van der Waals surface area contributed by atoms with E-state index in [1.54, 1.807) is 0 Å². The molecule has 1 amide bonds. The minimum Gasteiger partial charge on any atom is -0.480 e. The molecule has 0 aromatic heterocycles. The summed E-state index contributed by atoms with van der Waals surface area (Å²) in [6, 6.07) is 8.41. The second-order valence-electron chi connectivity index (χ2n) is 5.83. The minimum atomic E-state index is -1.01. The van der Waals surface area contributed by atoms with Crippen LogP contribution in [0.4, 0.5) is 0 Å². The molecule has 5 heteroatoms. The Kier molecular flexibility index (Phi) is 5.95. The van der Waals surface area contributed by atoms with Crippen LogP contribution in [-0.4, -0.2) is 35.2 Å². The van der Waals surface area contributed by atoms with Gasteiger partial charge >= 0.3 is 5.97 Å². The molecule has 120 valence electrons. The fourth-order valence-corrected chi connectivity index (χ4v) is 2.71. The summed E-state index contributed by atoms with van der Waals surface area (Å²) in [7, 11) is 0. The average molecular weight is 305 g/mol. The highest BCUT2D eigenvalue weighted by molar-refractivity contribution is 5.83. The number of aliphatic carboxylic acids is 1. The second-order valence-corrected chi connectivity index (χ2v) is 5.83. The van der Waals surface area contributed by atoms with Crippen LogP contribution in [0.25, 0.3) is 0 Å². The number of rotatable bonds is 7. The molecule has 0 saturated carbocycles. The monoisotopic (exact) mass is 305 g/mol. The van der Waals surface area contributed by atoms with Crippen molar-refractivity contribution in [1.29, 1.82) is 0 Å². The predicted molar refractivity (Wildman–Crippen MR) is 82.5 cm³/mol. The van der Waals surface area contributed by atoms with Crippen molar-refractivity contribution in [2.75, 3.05) is 0 Å². The molecule has 22 heavy (non-hydrogen) atoms. The van der Waals surface area contributed by atoms with Crippen LogP contribution < -0.4 is 5.32 Å². The lowest BCUT2D eigenvalue weighted by atomic mass is 10.1. The standard InChI is InChI=1S/C17H23NO4/c1-12-7-8-14(22-12)9-10-16(19)18-15(17(20)21)11-13-5-3-2-4-6-13/h2-6,12,14-15H,7-11H2,1H3,(H,18,19)(H,20,21)/t12-,14+,15-/m0/s1. The topological polar surface area (TPSA) is 75.6 Å². The normalized spacial score (nSPS) is 22.2. The van der Waals surface area contributed by atoms with E-state index >= 15 is 0 Å². The molecule has 1 saturated heterocycles. The maximum Gasteiger partial charge on any atom is 0.326 e. The highest BCUT2D eigenvalue weighted by atomic mass is 16.5. The van der Waals surface area contributed by atoms with Crippen LogP contribution in [0.5, 0.6) is 0 Å². The molecule has 0 spiro atoms. The molecule has 0 unspecified atom stereocenters. The van der Waals surface area contributed by atoms with Crippen molar-refractivity contribution < 1.29 is 19.4 Å². The fraction of sp³-hybridized carbons (Fsp3) is 0.529. The van der Waals surface area contributed by atoms with Crippen molar-refractivity contribution in [3.8, 4) is 0 Å². The number of amides is 1. The van der Waals surface area contributed by atoms with Crippen molar-refractivity contribution >= 4 is 11.9 Å². The third-order valence-corrected chi connectivity index (χ3v) is 3.93. The van der Waals surface area contributed by atoms with Gasteiger partial charge in [-0.05, 0) is 31.7 Å². The smallest absolute Gasteiger partial charge is 0.326 e. The van der Waals surface area contributed by atoms with Gasteiger partial charge in [0.1, 0.15) is 6.04 Å². The van der Waals surface area contributed by atoms with E-state index in [2.05, 4.69) is 5.32 Å². The first kappa shape index (κ1) is 16.5. The lowest BCUT2D eigenvalue weighted by Gasteiger charge is -2.16. The van der Waals surface area contributed by atoms with Crippen LogP contribution >= 0.6 is 0 Å². The summed E-state index contributed by atoms with van der Waals surface area (Å²) in [5.74, 6) is -1.24. The Hall–Kier alpha value is -1.88. The van der Waals surface area contributed by atoms with Gasteiger partial charge in [0.05, 0.1) is 12.2 Å². The number of carboxylic acids is 1. The van der Waals surface area contributed by atoms with Gasteiger partial charge in [0.2, 0.25) is 5.91 Å². The van der Waals surface area contributed by atoms with Crippen LogP contribution in [0.15, 0.2) is 30.3 Å². The van der Waals surface area contributed by atoms with E-state index in [1.807, 2.05) is 37.3 Å². The summed E-state index contributed by atoms with van der Waals surface area (Å²) in [4.78, 5) is 23.3. The molecule has 0 radical (unpaired) electrons. The van der Waals surface area contributed by atoms with Gasteiger partial charge in [-0.25, -0.2) is 4.79 Å². The van der Waals surface area contributed by atoms with Crippen LogP contribution in [0.3, 0.4) is 0 Å². The molecule has 5 nitrogen and oxygen atoms in total. The lowest BCUT2D eigenvalue weighted by molar-refractivity contribution is -0.141. The summed E-state index contributed by atoms with van der Waals surface area (Å²) in [5.41, 5.74) is 0.892. The number of nitrogens with one attached hydrogen (secondary N) is 1. The van der Waals surface area contributed by atoms with Gasteiger partial charge in [0.15, 0.2) is 0 Å². The Labute approximate surface area is 130 Å². The number of ether oxygens (including phenoxy) is 1. The highest BCUT2D eigenvalue weighted by Crippen LogP contribution is 2.22. The highest BCUT2D eigenvalue weighted by Gasteiger charge is 2.24. The van der Waals surface area contributed by atoms with Crippen molar-refractivity contribution in [1.82, 2.24) is 5.32 Å². The Morgan fingerprint density at radius 2 is 2.05 bits per heavy atom. The molecule has 1 aromatic carbocycles. The molecular weight excluding hydrogens is 282 g/mol. The lowest BCUT2D eigenvalue weighted by Crippen LogP contribution is -2.42. The summed E-state index contributed by atoms with van der Waals surface area (Å²) < 4.78 is 5.66. The van der Waals surface area contributed by atoms with Crippen molar-refractivity contribution in [2.45, 2.75) is 57.3 Å². The van der Waals surface area contributed by atoms with Gasteiger partial charge < -0.3 is 15.2 Å². The fourth-order valence-electron chi connectivity index (χ4n) is 2.71. The van der Waals surface area contributed by atoms with Crippen LogP contribution in [0.2, 0.25) is 0 Å². The van der Waals surface area contributed by atoms with Gasteiger partial charge in [0.25, 0.3) is 0 Å². The van der Waals surface area contributed by atoms with E-state index in [0.717, 1.165) is 18.4 Å². The van der Waals surface area contributed by atoms with Crippen molar-refractivity contribution in [3.63, 3.8) is 0 Å². The van der Waals surface area contributed by atoms with E-state index in [0.29, 0.717) is 19.3 Å².